The molecule has 8 fully saturated rings. The Kier molecular flexibility index (Phi) is 18.3. The molecule has 0 spiro atoms. The van der Waals surface area contributed by atoms with Crippen LogP contribution in [0, 0.1) is 45.3 Å². The van der Waals surface area contributed by atoms with Crippen LogP contribution in [0.1, 0.15) is 107 Å². The van der Waals surface area contributed by atoms with Crippen molar-refractivity contribution in [2.45, 2.75) is 247 Å². The molecule has 23 heteroatoms. The van der Waals surface area contributed by atoms with Crippen molar-refractivity contribution in [3.8, 4) is 0 Å². The summed E-state index contributed by atoms with van der Waals surface area (Å²) in [5.74, 6) is -0.872. The van der Waals surface area contributed by atoms with Crippen molar-refractivity contribution in [1.82, 2.24) is 0 Å². The van der Waals surface area contributed by atoms with Crippen LogP contribution < -0.4 is 0 Å². The van der Waals surface area contributed by atoms with Crippen molar-refractivity contribution >= 4 is 0 Å². The Morgan fingerprint density at radius 2 is 1.16 bits per heavy atom. The van der Waals surface area contributed by atoms with Gasteiger partial charge in [0.25, 0.3) is 0 Å². The van der Waals surface area contributed by atoms with E-state index in [2.05, 4.69) is 26.8 Å². The fourth-order valence-corrected chi connectivity index (χ4v) is 16.1. The number of aliphatic hydroxyl groups is 15. The normalized spacial score (nSPS) is 53.2. The number of hydrogen-bond donors (Lipinski definition) is 15. The quantitative estimate of drug-likeness (QED) is 0.0591. The molecule has 30 atom stereocenters. The van der Waals surface area contributed by atoms with Gasteiger partial charge in [-0.05, 0) is 117 Å². The zero-order valence-electron chi connectivity index (χ0n) is 45.0. The van der Waals surface area contributed by atoms with E-state index in [9.17, 15) is 76.6 Å². The Morgan fingerprint density at radius 3 is 1.79 bits per heavy atom. The van der Waals surface area contributed by atoms with Crippen LogP contribution in [-0.2, 0) is 37.9 Å². The fourth-order valence-electron chi connectivity index (χ4n) is 16.1. The lowest BCUT2D eigenvalue weighted by molar-refractivity contribution is -0.383. The Bertz CT molecular complexity index is 1980. The summed E-state index contributed by atoms with van der Waals surface area (Å²) in [4.78, 5) is 0. The summed E-state index contributed by atoms with van der Waals surface area (Å²) < 4.78 is 48.5. The van der Waals surface area contributed by atoms with Crippen molar-refractivity contribution in [3.05, 3.63) is 11.6 Å². The first kappa shape index (κ1) is 60.9. The number of aliphatic hydroxyl groups excluding tert-OH is 15. The van der Waals surface area contributed by atoms with Crippen molar-refractivity contribution in [1.29, 1.82) is 0 Å². The van der Waals surface area contributed by atoms with Crippen molar-refractivity contribution in [2.24, 2.45) is 45.3 Å². The summed E-state index contributed by atoms with van der Waals surface area (Å²) in [6, 6.07) is 0. The minimum Gasteiger partial charge on any atom is -0.394 e. The molecule has 0 radical (unpaired) electrons. The number of hydrogen-bond acceptors (Lipinski definition) is 23. The fraction of sp³-hybridized carbons (Fsp3) is 0.962. The first-order chi connectivity index (χ1) is 35.5. The lowest BCUT2D eigenvalue weighted by Gasteiger charge is -2.71. The van der Waals surface area contributed by atoms with Crippen LogP contribution >= 0.6 is 0 Å². The molecule has 8 rings (SSSR count). The molecule has 4 saturated heterocycles. The molecule has 0 bridgehead atoms. The van der Waals surface area contributed by atoms with E-state index < -0.39 is 182 Å². The molecular weight excluding hydrogens is 1000 g/mol. The molecule has 4 aliphatic carbocycles. The zero-order chi connectivity index (χ0) is 55.9. The largest absolute Gasteiger partial charge is 0.394 e. The van der Waals surface area contributed by atoms with E-state index in [0.29, 0.717) is 38.5 Å². The first-order valence-corrected chi connectivity index (χ1v) is 27.4. The molecule has 0 aromatic rings. The van der Waals surface area contributed by atoms with Crippen LogP contribution in [0.2, 0.25) is 0 Å². The SMILES string of the molecule is CC(C)=CCC[C@](C)(O[C@@H]1O[C@H](CO[C@@H]2OC[C@@H](O)[C@H](O)[C@H]2O)[C@@H](O)[C@H](O)[C@H]1O)[C@H]1CC[C@]2(C)[C@@H]1[C@H](O)CC1[C@@]3(C)C[C@@H](O)[C@H](O[C@@H]4O[C@H](CO)[C@@H](O)[C@H](O)[C@H]4O[C@@H]4O[C@H](CO)[C@@H](O)[C@H](O)[C@H]4O)C(C)(C)C3CC[C@]12C. The van der Waals surface area contributed by atoms with Gasteiger partial charge in [-0.15, -0.1) is 0 Å². The van der Waals surface area contributed by atoms with E-state index in [4.69, 9.17) is 37.9 Å². The van der Waals surface area contributed by atoms with E-state index in [-0.39, 0.29) is 36.7 Å². The molecule has 4 aliphatic heterocycles. The van der Waals surface area contributed by atoms with Crippen LogP contribution in [0.3, 0.4) is 0 Å². The third-order valence-electron chi connectivity index (χ3n) is 20.4. The highest BCUT2D eigenvalue weighted by Gasteiger charge is 2.73. The molecule has 76 heavy (non-hydrogen) atoms. The predicted molar refractivity (Wildman–Crippen MR) is 262 cm³/mol. The molecule has 4 heterocycles. The molecule has 15 N–H and O–H groups in total. The maximum absolute atomic E-state index is 12.8. The van der Waals surface area contributed by atoms with E-state index in [1.54, 1.807) is 0 Å². The Balaban J connectivity index is 1.03. The van der Waals surface area contributed by atoms with Gasteiger partial charge in [0.2, 0.25) is 0 Å². The highest BCUT2D eigenvalue weighted by Crippen LogP contribution is 2.76. The van der Waals surface area contributed by atoms with Gasteiger partial charge in [0.15, 0.2) is 25.2 Å². The number of fused-ring (bicyclic) bond motifs is 5. The van der Waals surface area contributed by atoms with Crippen LogP contribution in [0.25, 0.3) is 0 Å². The van der Waals surface area contributed by atoms with Crippen molar-refractivity contribution in [3.63, 3.8) is 0 Å². The Labute approximate surface area is 444 Å². The van der Waals surface area contributed by atoms with E-state index in [1.807, 2.05) is 34.6 Å². The van der Waals surface area contributed by atoms with Gasteiger partial charge in [0, 0.05) is 0 Å². The monoisotopic (exact) mass is 1090 g/mol. The standard InChI is InChI=1S/C53H90O23/c1-22(2)10-9-13-53(8,76-47-42(68)38(64)36(62)29(73-47)21-70-45-40(66)33(59)26(58)20-69-45)23-11-14-52(7)32(23)24(56)16-31-50(5)17-25(57)44(49(3,4)30(50)12-15-51(31,52)6)75-48-43(39(65)35(61)28(19-55)72-48)74-46-41(67)37(63)34(60)27(18-54)71-46/h10,23-48,54-68H,9,11-21H2,1-8H3/t23-,24+,25+,26+,27+,28+,29+,30?,31?,32-,33-,34+,35+,36+,37-,38-,39-,40+,41+,42+,43+,44-,45-,46-,47-,48-,50-,51+,52+,53-/m0/s1. The van der Waals surface area contributed by atoms with Crippen molar-refractivity contribution < 1.29 is 114 Å². The topological polar surface area (TPSA) is 377 Å². The van der Waals surface area contributed by atoms with Crippen LogP contribution in [0.4, 0.5) is 0 Å². The third-order valence-corrected chi connectivity index (χ3v) is 20.4. The molecule has 8 aliphatic rings. The van der Waals surface area contributed by atoms with Gasteiger partial charge in [0.1, 0.15) is 91.6 Å². The average molecular weight is 1100 g/mol. The Morgan fingerprint density at radius 1 is 0.592 bits per heavy atom. The Hall–Kier alpha value is -1.18. The van der Waals surface area contributed by atoms with Gasteiger partial charge >= 0.3 is 0 Å². The van der Waals surface area contributed by atoms with Gasteiger partial charge in [-0.25, -0.2) is 0 Å². The van der Waals surface area contributed by atoms with E-state index in [0.717, 1.165) is 12.0 Å². The zero-order valence-corrected chi connectivity index (χ0v) is 45.0. The van der Waals surface area contributed by atoms with Crippen LogP contribution in [-0.4, -0.2) is 244 Å². The van der Waals surface area contributed by atoms with Gasteiger partial charge in [-0.1, -0.05) is 46.3 Å². The molecule has 0 amide bonds. The van der Waals surface area contributed by atoms with Gasteiger partial charge in [0.05, 0.1) is 50.3 Å². The molecule has 0 aromatic carbocycles. The second-order valence-corrected chi connectivity index (χ2v) is 25.5. The molecule has 23 nitrogen and oxygen atoms in total. The minimum absolute atomic E-state index is 0.123. The van der Waals surface area contributed by atoms with E-state index in [1.165, 1.54) is 0 Å². The second kappa shape index (κ2) is 22.9. The van der Waals surface area contributed by atoms with Crippen LogP contribution in [0.15, 0.2) is 11.6 Å². The van der Waals surface area contributed by atoms with Gasteiger partial charge in [-0.2, -0.15) is 0 Å². The van der Waals surface area contributed by atoms with Crippen LogP contribution in [0.5, 0.6) is 0 Å². The molecular formula is C53H90O23. The number of rotatable bonds is 15. The third kappa shape index (κ3) is 10.5. The average Bonchev–Trinajstić information content (AvgIpc) is 3.95. The van der Waals surface area contributed by atoms with Gasteiger partial charge in [-0.3, -0.25) is 0 Å². The number of ether oxygens (including phenoxy) is 8. The molecule has 0 aromatic heterocycles. The van der Waals surface area contributed by atoms with Gasteiger partial charge < -0.3 is 114 Å². The van der Waals surface area contributed by atoms with E-state index >= 15 is 0 Å². The summed E-state index contributed by atoms with van der Waals surface area (Å²) in [6.07, 6.45) is -26.8. The molecule has 4 saturated carbocycles. The van der Waals surface area contributed by atoms with Crippen molar-refractivity contribution in [2.75, 3.05) is 26.4 Å². The maximum atomic E-state index is 12.8. The smallest absolute Gasteiger partial charge is 0.187 e. The summed E-state index contributed by atoms with van der Waals surface area (Å²) in [6.45, 7) is 14.4. The highest BCUT2D eigenvalue weighted by atomic mass is 16.8. The molecule has 2 unspecified atom stereocenters. The summed E-state index contributed by atoms with van der Waals surface area (Å²) in [7, 11) is 0. The number of allylic oxidation sites excluding steroid dienone is 2. The second-order valence-electron chi connectivity index (χ2n) is 25.5. The molecule has 440 valence electrons. The summed E-state index contributed by atoms with van der Waals surface area (Å²) in [5.41, 5.74) is -2.32. The lowest BCUT2D eigenvalue weighted by atomic mass is 9.35. The summed E-state index contributed by atoms with van der Waals surface area (Å²) >= 11 is 0. The summed E-state index contributed by atoms with van der Waals surface area (Å²) in [5, 5.41) is 164. The predicted octanol–water partition coefficient (Wildman–Crippen LogP) is -2.59. The first-order valence-electron chi connectivity index (χ1n) is 27.4. The lowest BCUT2D eigenvalue weighted by Crippen LogP contribution is -2.70. The minimum atomic E-state index is -1.87. The maximum Gasteiger partial charge on any atom is 0.187 e. The highest BCUT2D eigenvalue weighted by molar-refractivity contribution is 5.21.